The number of carbonyl (C=O) groups excluding carboxylic acids is 2. The number of methoxy groups -OCH3 is 1. The highest BCUT2D eigenvalue weighted by Gasteiger charge is 2.19. The number of benzene rings is 1. The number of amides is 1. The van der Waals surface area contributed by atoms with Crippen molar-refractivity contribution in [3.63, 3.8) is 0 Å². The van der Waals surface area contributed by atoms with Crippen LogP contribution in [0.25, 0.3) is 0 Å². The van der Waals surface area contributed by atoms with E-state index in [2.05, 4.69) is 25.7 Å². The van der Waals surface area contributed by atoms with Gasteiger partial charge in [-0.2, -0.15) is 0 Å². The fourth-order valence-corrected chi connectivity index (χ4v) is 2.95. The van der Waals surface area contributed by atoms with Gasteiger partial charge in [0.05, 0.1) is 29.9 Å². The molecule has 8 nitrogen and oxygen atoms in total. The van der Waals surface area contributed by atoms with Crippen LogP contribution in [0.4, 0.5) is 5.69 Å². The van der Waals surface area contributed by atoms with Crippen molar-refractivity contribution in [3.05, 3.63) is 40.7 Å². The Morgan fingerprint density at radius 2 is 2.08 bits per heavy atom. The van der Waals surface area contributed by atoms with E-state index in [4.69, 9.17) is 11.6 Å². The van der Waals surface area contributed by atoms with Crippen LogP contribution in [0.2, 0.25) is 5.02 Å². The van der Waals surface area contributed by atoms with E-state index in [-0.39, 0.29) is 40.6 Å². The maximum absolute atomic E-state index is 12.3. The number of aromatic nitrogens is 3. The van der Waals surface area contributed by atoms with Gasteiger partial charge in [0.15, 0.2) is 5.69 Å². The smallest absolute Gasteiger partial charge is 0.339 e. The normalized spacial score (nSPS) is 14.4. The third-order valence-electron chi connectivity index (χ3n) is 4.06. The molecule has 1 aliphatic heterocycles. The summed E-state index contributed by atoms with van der Waals surface area (Å²) in [6.07, 6.45) is 3.56. The van der Waals surface area contributed by atoms with Crippen LogP contribution < -0.4 is 10.6 Å². The first kappa shape index (κ1) is 20.2. The number of piperidine rings is 1. The average molecular weight is 400 g/mol. The molecule has 0 radical (unpaired) electrons. The highest BCUT2D eigenvalue weighted by atomic mass is 35.5. The zero-order valence-electron chi connectivity index (χ0n) is 14.1. The van der Waals surface area contributed by atoms with Crippen LogP contribution in [0.1, 0.15) is 39.7 Å². The van der Waals surface area contributed by atoms with Crippen molar-refractivity contribution in [2.75, 3.05) is 25.5 Å². The largest absolute Gasteiger partial charge is 0.465 e. The molecule has 26 heavy (non-hydrogen) atoms. The van der Waals surface area contributed by atoms with Gasteiger partial charge >= 0.3 is 5.97 Å². The van der Waals surface area contributed by atoms with Crippen molar-refractivity contribution in [3.8, 4) is 0 Å². The number of rotatable bonds is 4. The number of nitrogens with zero attached hydrogens (tertiary/aromatic N) is 3. The third kappa shape index (κ3) is 4.51. The zero-order chi connectivity index (χ0) is 17.8. The third-order valence-corrected chi connectivity index (χ3v) is 4.37. The number of halogens is 2. The van der Waals surface area contributed by atoms with E-state index in [1.54, 1.807) is 16.9 Å². The Hall–Kier alpha value is -2.16. The summed E-state index contributed by atoms with van der Waals surface area (Å²) in [4.78, 5) is 23.8. The molecule has 0 saturated carbocycles. The van der Waals surface area contributed by atoms with Crippen LogP contribution in [0, 0.1) is 0 Å². The SMILES string of the molecule is COC(=O)c1ccc(NC(=O)c2cn(C3CCNCC3)nn2)cc1Cl.Cl. The monoisotopic (exact) mass is 399 g/mol. The van der Waals surface area contributed by atoms with Crippen molar-refractivity contribution in [1.29, 1.82) is 0 Å². The molecule has 1 aromatic heterocycles. The molecule has 0 unspecified atom stereocenters. The maximum Gasteiger partial charge on any atom is 0.339 e. The minimum absolute atomic E-state index is 0. The predicted molar refractivity (Wildman–Crippen MR) is 99.2 cm³/mol. The minimum atomic E-state index is -0.534. The Balaban J connectivity index is 0.00000243. The fourth-order valence-electron chi connectivity index (χ4n) is 2.69. The first-order valence-electron chi connectivity index (χ1n) is 7.90. The van der Waals surface area contributed by atoms with Gasteiger partial charge in [-0.05, 0) is 44.1 Å². The molecule has 2 N–H and O–H groups in total. The van der Waals surface area contributed by atoms with Gasteiger partial charge in [0.2, 0.25) is 0 Å². The highest BCUT2D eigenvalue weighted by Crippen LogP contribution is 2.22. The Morgan fingerprint density at radius 3 is 2.73 bits per heavy atom. The first-order valence-corrected chi connectivity index (χ1v) is 8.28. The summed E-state index contributed by atoms with van der Waals surface area (Å²) in [5.74, 6) is -0.921. The predicted octanol–water partition coefficient (Wildman–Crippen LogP) is 2.32. The van der Waals surface area contributed by atoms with Crippen LogP contribution in [0.15, 0.2) is 24.4 Å². The standard InChI is InChI=1S/C16H18ClN5O3.ClH/c1-25-16(24)12-3-2-10(8-13(12)17)19-15(23)14-9-22(21-20-14)11-4-6-18-7-5-11;/h2-3,8-9,11,18H,4-7H2,1H3,(H,19,23);1H. The summed E-state index contributed by atoms with van der Waals surface area (Å²) in [6, 6.07) is 4.82. The number of nitrogens with one attached hydrogen (secondary N) is 2. The molecule has 1 amide bonds. The van der Waals surface area contributed by atoms with Gasteiger partial charge in [-0.1, -0.05) is 16.8 Å². The molecular formula is C16H19Cl2N5O3. The Morgan fingerprint density at radius 1 is 1.35 bits per heavy atom. The molecule has 2 aromatic rings. The average Bonchev–Trinajstić information content (AvgIpc) is 3.12. The second kappa shape index (κ2) is 8.98. The van der Waals surface area contributed by atoms with Crippen molar-refractivity contribution >= 4 is 41.6 Å². The van der Waals surface area contributed by atoms with Crippen LogP contribution in [0.3, 0.4) is 0 Å². The molecule has 2 heterocycles. The molecule has 1 saturated heterocycles. The van der Waals surface area contributed by atoms with Gasteiger partial charge in [-0.25, -0.2) is 9.48 Å². The molecule has 1 fully saturated rings. The summed E-state index contributed by atoms with van der Waals surface area (Å²) >= 11 is 6.05. The van der Waals surface area contributed by atoms with E-state index in [0.717, 1.165) is 25.9 Å². The molecule has 3 rings (SSSR count). The van der Waals surface area contributed by atoms with Gasteiger partial charge in [0, 0.05) is 5.69 Å². The summed E-state index contributed by atoms with van der Waals surface area (Å²) < 4.78 is 6.37. The van der Waals surface area contributed by atoms with E-state index in [9.17, 15) is 9.59 Å². The van der Waals surface area contributed by atoms with Gasteiger partial charge in [-0.3, -0.25) is 4.79 Å². The Kier molecular flexibility index (Phi) is 6.96. The van der Waals surface area contributed by atoms with Crippen molar-refractivity contribution in [1.82, 2.24) is 20.3 Å². The summed E-state index contributed by atoms with van der Waals surface area (Å²) in [7, 11) is 1.28. The van der Waals surface area contributed by atoms with Gasteiger partial charge < -0.3 is 15.4 Å². The summed E-state index contributed by atoms with van der Waals surface area (Å²) in [5.41, 5.74) is 0.921. The van der Waals surface area contributed by atoms with Gasteiger partial charge in [0.25, 0.3) is 5.91 Å². The van der Waals surface area contributed by atoms with Crippen LogP contribution >= 0.6 is 24.0 Å². The lowest BCUT2D eigenvalue weighted by Crippen LogP contribution is -2.29. The van der Waals surface area contributed by atoms with Crippen LogP contribution in [-0.2, 0) is 4.74 Å². The summed E-state index contributed by atoms with van der Waals surface area (Å²) in [6.45, 7) is 1.86. The lowest BCUT2D eigenvalue weighted by Gasteiger charge is -2.22. The topological polar surface area (TPSA) is 98.1 Å². The summed E-state index contributed by atoms with van der Waals surface area (Å²) in [5, 5.41) is 14.2. The fraction of sp³-hybridized carbons (Fsp3) is 0.375. The molecule has 0 aliphatic carbocycles. The quantitative estimate of drug-likeness (QED) is 0.765. The molecule has 1 aromatic carbocycles. The van der Waals surface area contributed by atoms with E-state index >= 15 is 0 Å². The first-order chi connectivity index (χ1) is 12.1. The van der Waals surface area contributed by atoms with Gasteiger partial charge in [0.1, 0.15) is 0 Å². The molecule has 10 heteroatoms. The van der Waals surface area contributed by atoms with Gasteiger partial charge in [-0.15, -0.1) is 17.5 Å². The number of anilines is 1. The zero-order valence-corrected chi connectivity index (χ0v) is 15.6. The van der Waals surface area contributed by atoms with Crippen LogP contribution in [-0.4, -0.2) is 47.1 Å². The molecule has 0 bridgehead atoms. The second-order valence-corrected chi connectivity index (χ2v) is 6.11. The highest BCUT2D eigenvalue weighted by molar-refractivity contribution is 6.34. The number of hydrogen-bond acceptors (Lipinski definition) is 6. The molecule has 0 spiro atoms. The number of hydrogen-bond donors (Lipinski definition) is 2. The van der Waals surface area contributed by atoms with E-state index in [1.807, 2.05) is 0 Å². The van der Waals surface area contributed by atoms with Crippen molar-refractivity contribution < 1.29 is 14.3 Å². The van der Waals surface area contributed by atoms with E-state index < -0.39 is 5.97 Å². The minimum Gasteiger partial charge on any atom is -0.465 e. The van der Waals surface area contributed by atoms with Crippen molar-refractivity contribution in [2.24, 2.45) is 0 Å². The number of carbonyl (C=O) groups is 2. The Bertz CT molecular complexity index is 790. The van der Waals surface area contributed by atoms with Crippen LogP contribution in [0.5, 0.6) is 0 Å². The molecular weight excluding hydrogens is 381 g/mol. The number of ether oxygens (including phenoxy) is 1. The lowest BCUT2D eigenvalue weighted by molar-refractivity contribution is 0.0601. The van der Waals surface area contributed by atoms with Crippen molar-refractivity contribution in [2.45, 2.75) is 18.9 Å². The van der Waals surface area contributed by atoms with E-state index in [1.165, 1.54) is 19.2 Å². The Labute approximate surface area is 161 Å². The molecule has 0 atom stereocenters. The second-order valence-electron chi connectivity index (χ2n) is 5.71. The maximum atomic E-state index is 12.3. The molecule has 140 valence electrons. The van der Waals surface area contributed by atoms with E-state index in [0.29, 0.717) is 5.69 Å². The number of esters is 1. The lowest BCUT2D eigenvalue weighted by atomic mass is 10.1. The molecule has 1 aliphatic rings.